The molecule has 0 atom stereocenters. The largest absolute Gasteiger partial charge is 0.282 e. The maximum Gasteiger partial charge on any atom is 0.273 e. The van der Waals surface area contributed by atoms with Gasteiger partial charge in [-0.25, -0.2) is 4.68 Å². The van der Waals surface area contributed by atoms with Crippen molar-refractivity contribution in [2.45, 2.75) is 137 Å². The first-order valence-electron chi connectivity index (χ1n) is 19.7. The van der Waals surface area contributed by atoms with Crippen molar-refractivity contribution < 1.29 is 0 Å². The fourth-order valence-electron chi connectivity index (χ4n) is 8.65. The summed E-state index contributed by atoms with van der Waals surface area (Å²) in [6, 6.07) is 16.6. The number of hydrogen-bond acceptors (Lipinski definition) is 3. The highest BCUT2D eigenvalue weighted by Gasteiger charge is 2.23. The summed E-state index contributed by atoms with van der Waals surface area (Å²) >= 11 is 0. The van der Waals surface area contributed by atoms with Gasteiger partial charge in [-0.05, 0) is 70.5 Å². The van der Waals surface area contributed by atoms with Crippen molar-refractivity contribution in [2.24, 2.45) is 0 Å². The lowest BCUT2D eigenvalue weighted by molar-refractivity contribution is 0.408. The molecule has 0 aliphatic carbocycles. The van der Waals surface area contributed by atoms with E-state index >= 15 is 0 Å². The van der Waals surface area contributed by atoms with E-state index in [2.05, 4.69) is 55.8 Å². The summed E-state index contributed by atoms with van der Waals surface area (Å²) in [6.45, 7) is 8.67. The summed E-state index contributed by atoms with van der Waals surface area (Å²) in [5.41, 5.74) is 0.825. The number of aryl methyl sites for hydroxylation is 1. The molecular formula is C44H53N3O3. The molecule has 0 spiro atoms. The van der Waals surface area contributed by atoms with Crippen LogP contribution < -0.4 is 16.7 Å². The summed E-state index contributed by atoms with van der Waals surface area (Å²) in [7, 11) is 0. The van der Waals surface area contributed by atoms with Crippen LogP contribution in [0.3, 0.4) is 0 Å². The molecule has 0 saturated heterocycles. The van der Waals surface area contributed by atoms with E-state index in [-0.39, 0.29) is 16.7 Å². The zero-order valence-corrected chi connectivity index (χ0v) is 30.4. The van der Waals surface area contributed by atoms with Crippen LogP contribution in [-0.2, 0) is 19.6 Å². The number of hydrogen-bond donors (Lipinski definition) is 0. The van der Waals surface area contributed by atoms with Gasteiger partial charge in [0, 0.05) is 46.6 Å². The molecule has 262 valence electrons. The first-order valence-corrected chi connectivity index (χ1v) is 19.7. The molecule has 50 heavy (non-hydrogen) atoms. The standard InChI is InChI=1S/C44H53N3O3/c1-4-7-10-13-16-27-45-42(48)34-22-19-30-32-21-24-36-41-37(26-25-33(39(32)41)31-20-23-35(43(45)49)40(34)38(30)31)46(28-17-14-11-8-5-2)47(44(36)50)29-18-15-12-9-6-3/h19-26H,4-18,27-29H2,1-3H3. The smallest absolute Gasteiger partial charge is 0.273 e. The van der Waals surface area contributed by atoms with Crippen LogP contribution in [0.5, 0.6) is 0 Å². The zero-order chi connectivity index (χ0) is 34.8. The van der Waals surface area contributed by atoms with Gasteiger partial charge in [-0.15, -0.1) is 0 Å². The van der Waals surface area contributed by atoms with Crippen LogP contribution in [0.4, 0.5) is 0 Å². The topological polar surface area (TPSA) is 66.0 Å². The van der Waals surface area contributed by atoms with Crippen LogP contribution in [0, 0.1) is 0 Å². The summed E-state index contributed by atoms with van der Waals surface area (Å²) in [5.74, 6) is 0. The molecule has 5 aromatic carbocycles. The van der Waals surface area contributed by atoms with Crippen molar-refractivity contribution in [1.82, 2.24) is 13.9 Å². The Hall–Kier alpha value is -4.19. The Morgan fingerprint density at radius 2 is 0.720 bits per heavy atom. The molecule has 0 aliphatic rings. The minimum absolute atomic E-state index is 0.0901. The van der Waals surface area contributed by atoms with E-state index in [4.69, 9.17) is 0 Å². The van der Waals surface area contributed by atoms with E-state index in [0.717, 1.165) is 118 Å². The lowest BCUT2D eigenvalue weighted by Gasteiger charge is -2.23. The predicted octanol–water partition coefficient (Wildman–Crippen LogP) is 10.9. The van der Waals surface area contributed by atoms with E-state index in [9.17, 15) is 14.4 Å². The van der Waals surface area contributed by atoms with Crippen LogP contribution in [0.15, 0.2) is 62.9 Å². The van der Waals surface area contributed by atoms with E-state index in [1.54, 1.807) is 0 Å². The van der Waals surface area contributed by atoms with Gasteiger partial charge < -0.3 is 0 Å². The molecule has 0 radical (unpaired) electrons. The molecule has 7 rings (SSSR count). The molecule has 0 bridgehead atoms. The first-order chi connectivity index (χ1) is 24.5. The maximum absolute atomic E-state index is 14.4. The van der Waals surface area contributed by atoms with Crippen molar-refractivity contribution in [2.75, 3.05) is 0 Å². The van der Waals surface area contributed by atoms with E-state index < -0.39 is 0 Å². The van der Waals surface area contributed by atoms with Crippen molar-refractivity contribution in [3.63, 3.8) is 0 Å². The molecule has 7 aromatic rings. The van der Waals surface area contributed by atoms with Crippen molar-refractivity contribution in [3.05, 3.63) is 79.6 Å². The maximum atomic E-state index is 14.4. The van der Waals surface area contributed by atoms with Crippen LogP contribution in [-0.4, -0.2) is 13.9 Å². The van der Waals surface area contributed by atoms with Crippen LogP contribution in [0.25, 0.3) is 64.8 Å². The minimum atomic E-state index is -0.187. The van der Waals surface area contributed by atoms with Gasteiger partial charge in [-0.2, -0.15) is 0 Å². The Morgan fingerprint density at radius 3 is 1.22 bits per heavy atom. The molecule has 0 N–H and O–H groups in total. The Kier molecular flexibility index (Phi) is 10.3. The van der Waals surface area contributed by atoms with Crippen molar-refractivity contribution >= 4 is 64.8 Å². The van der Waals surface area contributed by atoms with Gasteiger partial charge >= 0.3 is 0 Å². The van der Waals surface area contributed by atoms with Gasteiger partial charge in [0.2, 0.25) is 0 Å². The van der Waals surface area contributed by atoms with Crippen LogP contribution in [0.2, 0.25) is 0 Å². The van der Waals surface area contributed by atoms with Gasteiger partial charge in [0.05, 0.1) is 10.9 Å². The van der Waals surface area contributed by atoms with Gasteiger partial charge in [-0.1, -0.05) is 122 Å². The number of aromatic nitrogens is 3. The predicted molar refractivity (Wildman–Crippen MR) is 213 cm³/mol. The van der Waals surface area contributed by atoms with Gasteiger partial charge in [0.1, 0.15) is 0 Å². The molecule has 0 aliphatic heterocycles. The summed E-state index contributed by atoms with van der Waals surface area (Å²) in [5, 5.41) is 10.1. The van der Waals surface area contributed by atoms with Crippen molar-refractivity contribution in [1.29, 1.82) is 0 Å². The lowest BCUT2D eigenvalue weighted by Crippen LogP contribution is -2.33. The Labute approximate surface area is 294 Å². The normalized spacial score (nSPS) is 12.4. The van der Waals surface area contributed by atoms with Gasteiger partial charge in [-0.3, -0.25) is 23.6 Å². The molecule has 2 heterocycles. The fourth-order valence-corrected chi connectivity index (χ4v) is 8.65. The molecule has 6 heteroatoms. The Bertz CT molecular complexity index is 2370. The van der Waals surface area contributed by atoms with E-state index in [1.165, 1.54) is 49.5 Å². The second-order valence-electron chi connectivity index (χ2n) is 14.7. The summed E-state index contributed by atoms with van der Waals surface area (Å²) < 4.78 is 5.78. The molecule has 2 aromatic heterocycles. The molecular weight excluding hydrogens is 619 g/mol. The van der Waals surface area contributed by atoms with Crippen molar-refractivity contribution in [3.8, 4) is 0 Å². The number of pyridine rings is 1. The average molecular weight is 672 g/mol. The molecule has 0 fully saturated rings. The number of fused-ring (bicyclic) bond motifs is 2. The van der Waals surface area contributed by atoms with E-state index in [1.807, 2.05) is 22.9 Å². The highest BCUT2D eigenvalue weighted by Crippen LogP contribution is 2.44. The highest BCUT2D eigenvalue weighted by atomic mass is 16.2. The highest BCUT2D eigenvalue weighted by molar-refractivity contribution is 6.39. The number of rotatable bonds is 18. The number of benzene rings is 5. The van der Waals surface area contributed by atoms with Crippen LogP contribution >= 0.6 is 0 Å². The zero-order valence-electron chi connectivity index (χ0n) is 30.4. The second kappa shape index (κ2) is 15.0. The lowest BCUT2D eigenvalue weighted by atomic mass is 9.86. The second-order valence-corrected chi connectivity index (χ2v) is 14.7. The quantitative estimate of drug-likeness (QED) is 0.0518. The monoisotopic (exact) mass is 671 g/mol. The minimum Gasteiger partial charge on any atom is -0.282 e. The molecule has 0 amide bonds. The van der Waals surface area contributed by atoms with Gasteiger partial charge in [0.15, 0.2) is 0 Å². The third-order valence-corrected chi connectivity index (χ3v) is 11.3. The first kappa shape index (κ1) is 34.3. The molecule has 0 saturated carbocycles. The fraction of sp³-hybridized carbons (Fsp3) is 0.477. The number of nitrogens with zero attached hydrogens (tertiary/aromatic N) is 3. The third kappa shape index (κ3) is 5.88. The van der Waals surface area contributed by atoms with Crippen LogP contribution in [0.1, 0.15) is 117 Å². The molecule has 0 unspecified atom stereocenters. The Balaban J connectivity index is 1.42. The van der Waals surface area contributed by atoms with E-state index in [0.29, 0.717) is 17.3 Å². The number of unbranched alkanes of at least 4 members (excludes halogenated alkanes) is 12. The molecule has 6 nitrogen and oxygen atoms in total. The SMILES string of the molecule is CCCCCCCn1c(=O)c2ccc3c4ccc5c(=O)n(CCCCCCC)n(CCCCCCC)c6ccc(c7ccc(c1=O)c2c37)c4c56. The third-order valence-electron chi connectivity index (χ3n) is 11.3. The Morgan fingerprint density at radius 1 is 0.360 bits per heavy atom. The summed E-state index contributed by atoms with van der Waals surface area (Å²) in [4.78, 5) is 42.1. The summed E-state index contributed by atoms with van der Waals surface area (Å²) in [6.07, 6.45) is 17.0. The van der Waals surface area contributed by atoms with Gasteiger partial charge in [0.25, 0.3) is 16.7 Å². The average Bonchev–Trinajstić information content (AvgIpc) is 3.13.